The van der Waals surface area contributed by atoms with E-state index < -0.39 is 0 Å². The Bertz CT molecular complexity index is 132. The molecule has 1 N–H and O–H groups in total. The van der Waals surface area contributed by atoms with Gasteiger partial charge in [-0.1, -0.05) is 0 Å². The minimum Gasteiger partial charge on any atom is -0.376 e. The molecule has 0 aliphatic carbocycles. The zero-order valence-electron chi connectivity index (χ0n) is 8.22. The molecule has 1 rings (SSSR count). The van der Waals surface area contributed by atoms with E-state index >= 15 is 0 Å². The molecule has 12 heavy (non-hydrogen) atoms. The van der Waals surface area contributed by atoms with Gasteiger partial charge >= 0.3 is 0 Å². The molecule has 0 atom stereocenters. The first-order valence-corrected chi connectivity index (χ1v) is 4.59. The second-order valence-corrected chi connectivity index (χ2v) is 3.82. The molecular weight excluding hydrogens is 154 g/mol. The molecule has 0 radical (unpaired) electrons. The highest BCUT2D eigenvalue weighted by molar-refractivity contribution is 4.89. The number of hydrogen-bond donors (Lipinski definition) is 1. The molecule has 1 aliphatic heterocycles. The van der Waals surface area contributed by atoms with E-state index in [-0.39, 0.29) is 5.60 Å². The third-order valence-corrected chi connectivity index (χ3v) is 1.98. The number of hydrogen-bond acceptors (Lipinski definition) is 3. The summed E-state index contributed by atoms with van der Waals surface area (Å²) in [7, 11) is 0. The fourth-order valence-electron chi connectivity index (χ4n) is 1.15. The third kappa shape index (κ3) is 3.09. The first-order chi connectivity index (χ1) is 5.62. The second-order valence-electron chi connectivity index (χ2n) is 3.82. The molecule has 0 bridgehead atoms. The van der Waals surface area contributed by atoms with Crippen molar-refractivity contribution in [1.29, 1.82) is 0 Å². The van der Waals surface area contributed by atoms with Gasteiger partial charge in [-0.15, -0.1) is 0 Å². The maximum absolute atomic E-state index is 5.63. The smallest absolute Gasteiger partial charge is 0.0903 e. The topological polar surface area (TPSA) is 30.5 Å². The van der Waals surface area contributed by atoms with Gasteiger partial charge in [0.1, 0.15) is 0 Å². The van der Waals surface area contributed by atoms with Gasteiger partial charge in [0.15, 0.2) is 0 Å². The van der Waals surface area contributed by atoms with E-state index in [1.807, 2.05) is 13.8 Å². The Morgan fingerprint density at radius 2 is 2.00 bits per heavy atom. The molecule has 0 unspecified atom stereocenters. The minimum absolute atomic E-state index is 0.0698. The molecule has 3 nitrogen and oxygen atoms in total. The van der Waals surface area contributed by atoms with Crippen molar-refractivity contribution < 1.29 is 9.47 Å². The van der Waals surface area contributed by atoms with Gasteiger partial charge in [-0.2, -0.15) is 0 Å². The second kappa shape index (κ2) is 4.21. The molecule has 0 aromatic carbocycles. The van der Waals surface area contributed by atoms with E-state index in [0.717, 1.165) is 13.1 Å². The van der Waals surface area contributed by atoms with E-state index in [2.05, 4.69) is 12.2 Å². The molecule has 0 spiro atoms. The average molecular weight is 173 g/mol. The zero-order valence-corrected chi connectivity index (χ0v) is 8.22. The molecular formula is C9H19NO2. The van der Waals surface area contributed by atoms with Gasteiger partial charge in [0.05, 0.1) is 24.9 Å². The van der Waals surface area contributed by atoms with Crippen molar-refractivity contribution in [2.45, 2.75) is 32.5 Å². The fourth-order valence-corrected chi connectivity index (χ4v) is 1.15. The number of ether oxygens (including phenoxy) is 2. The van der Waals surface area contributed by atoms with Gasteiger partial charge in [0.25, 0.3) is 0 Å². The largest absolute Gasteiger partial charge is 0.376 e. The van der Waals surface area contributed by atoms with E-state index in [1.54, 1.807) is 0 Å². The standard InChI is InChI=1S/C9H19NO2/c1-8(2)11-4-5-12-9(3)6-10-7-9/h8,10H,4-7H2,1-3H3. The molecule has 3 heteroatoms. The lowest BCUT2D eigenvalue weighted by molar-refractivity contribution is -0.0901. The maximum atomic E-state index is 5.63. The Balaban J connectivity index is 1.95. The Kier molecular flexibility index (Phi) is 3.50. The third-order valence-electron chi connectivity index (χ3n) is 1.98. The van der Waals surface area contributed by atoms with Gasteiger partial charge in [0.2, 0.25) is 0 Å². The summed E-state index contributed by atoms with van der Waals surface area (Å²) in [4.78, 5) is 0. The summed E-state index contributed by atoms with van der Waals surface area (Å²) in [5, 5.41) is 3.19. The Morgan fingerprint density at radius 3 is 2.42 bits per heavy atom. The summed E-state index contributed by atoms with van der Waals surface area (Å²) in [5.74, 6) is 0. The monoisotopic (exact) mass is 173 g/mol. The van der Waals surface area contributed by atoms with Gasteiger partial charge in [-0.25, -0.2) is 0 Å². The van der Waals surface area contributed by atoms with Gasteiger partial charge in [0, 0.05) is 13.1 Å². The SMILES string of the molecule is CC(C)OCCOC1(C)CNC1. The van der Waals surface area contributed by atoms with Crippen LogP contribution in [0.1, 0.15) is 20.8 Å². The summed E-state index contributed by atoms with van der Waals surface area (Å²) in [5.41, 5.74) is 0.0698. The van der Waals surface area contributed by atoms with Crippen molar-refractivity contribution in [3.8, 4) is 0 Å². The summed E-state index contributed by atoms with van der Waals surface area (Å²) in [6.07, 6.45) is 0.306. The van der Waals surface area contributed by atoms with Crippen LogP contribution in [0.25, 0.3) is 0 Å². The van der Waals surface area contributed by atoms with Crippen LogP contribution < -0.4 is 5.32 Å². The summed E-state index contributed by atoms with van der Waals surface area (Å²) in [6.45, 7) is 9.53. The number of rotatable bonds is 5. The van der Waals surface area contributed by atoms with E-state index in [0.29, 0.717) is 19.3 Å². The Labute approximate surface area is 74.4 Å². The Hall–Kier alpha value is -0.120. The quantitative estimate of drug-likeness (QED) is 0.623. The predicted octanol–water partition coefficient (Wildman–Crippen LogP) is 0.790. The molecule has 0 saturated carbocycles. The predicted molar refractivity (Wildman–Crippen MR) is 48.3 cm³/mol. The van der Waals surface area contributed by atoms with Gasteiger partial charge in [-0.05, 0) is 20.8 Å². The molecule has 0 amide bonds. The summed E-state index contributed by atoms with van der Waals surface area (Å²) in [6, 6.07) is 0. The summed E-state index contributed by atoms with van der Waals surface area (Å²) >= 11 is 0. The Morgan fingerprint density at radius 1 is 1.33 bits per heavy atom. The molecule has 1 aliphatic rings. The number of nitrogens with one attached hydrogen (secondary N) is 1. The van der Waals surface area contributed by atoms with Crippen LogP contribution in [0.4, 0.5) is 0 Å². The van der Waals surface area contributed by atoms with Crippen LogP contribution in [0.3, 0.4) is 0 Å². The normalized spacial score (nSPS) is 21.0. The van der Waals surface area contributed by atoms with Crippen LogP contribution in [-0.2, 0) is 9.47 Å². The van der Waals surface area contributed by atoms with Crippen LogP contribution in [0.5, 0.6) is 0 Å². The summed E-state index contributed by atoms with van der Waals surface area (Å²) < 4.78 is 11.0. The van der Waals surface area contributed by atoms with E-state index in [9.17, 15) is 0 Å². The molecule has 72 valence electrons. The lowest BCUT2D eigenvalue weighted by Gasteiger charge is -2.39. The van der Waals surface area contributed by atoms with E-state index in [1.165, 1.54) is 0 Å². The average Bonchev–Trinajstić information content (AvgIpc) is 1.94. The van der Waals surface area contributed by atoms with Crippen molar-refractivity contribution in [1.82, 2.24) is 5.32 Å². The molecule has 1 heterocycles. The van der Waals surface area contributed by atoms with Crippen molar-refractivity contribution in [2.24, 2.45) is 0 Å². The molecule has 1 saturated heterocycles. The zero-order chi connectivity index (χ0) is 9.03. The van der Waals surface area contributed by atoms with Crippen LogP contribution in [-0.4, -0.2) is 38.0 Å². The highest BCUT2D eigenvalue weighted by Gasteiger charge is 2.31. The van der Waals surface area contributed by atoms with Crippen LogP contribution >= 0.6 is 0 Å². The van der Waals surface area contributed by atoms with E-state index in [4.69, 9.17) is 9.47 Å². The van der Waals surface area contributed by atoms with Crippen molar-refractivity contribution >= 4 is 0 Å². The first-order valence-electron chi connectivity index (χ1n) is 4.59. The lowest BCUT2D eigenvalue weighted by atomic mass is 10.0. The van der Waals surface area contributed by atoms with Crippen LogP contribution in [0.15, 0.2) is 0 Å². The van der Waals surface area contributed by atoms with Gasteiger partial charge < -0.3 is 14.8 Å². The fraction of sp³-hybridized carbons (Fsp3) is 1.00. The first kappa shape index (κ1) is 9.96. The van der Waals surface area contributed by atoms with Crippen LogP contribution in [0, 0.1) is 0 Å². The van der Waals surface area contributed by atoms with Crippen molar-refractivity contribution in [2.75, 3.05) is 26.3 Å². The maximum Gasteiger partial charge on any atom is 0.0903 e. The molecule has 0 aromatic heterocycles. The van der Waals surface area contributed by atoms with Crippen LogP contribution in [0.2, 0.25) is 0 Å². The van der Waals surface area contributed by atoms with Gasteiger partial charge in [-0.3, -0.25) is 0 Å². The highest BCUT2D eigenvalue weighted by Crippen LogP contribution is 2.14. The highest BCUT2D eigenvalue weighted by atomic mass is 16.5. The van der Waals surface area contributed by atoms with Crippen molar-refractivity contribution in [3.63, 3.8) is 0 Å². The minimum atomic E-state index is 0.0698. The lowest BCUT2D eigenvalue weighted by Crippen LogP contribution is -2.59. The molecule has 1 fully saturated rings. The molecule has 0 aromatic rings. The van der Waals surface area contributed by atoms with Crippen molar-refractivity contribution in [3.05, 3.63) is 0 Å².